The van der Waals surface area contributed by atoms with E-state index >= 15 is 0 Å². The summed E-state index contributed by atoms with van der Waals surface area (Å²) in [4.78, 5) is 33.5. The van der Waals surface area contributed by atoms with Crippen LogP contribution in [0.4, 0.5) is 5.13 Å². The standard InChI is InChI=1S/C22H31N3O2S/c1-13(2)5-19(26)25-4-3-17-18(12-25)28-21(23-17)24-20(27)22-9-14-6-15(10-22)8-16(7-14)11-22/h13-16H,3-12H2,1-2H3,(H,23,24,27). The highest BCUT2D eigenvalue weighted by Crippen LogP contribution is 2.60. The molecule has 1 N–H and O–H groups in total. The Labute approximate surface area is 171 Å². The van der Waals surface area contributed by atoms with Crippen molar-refractivity contribution in [2.45, 2.75) is 71.8 Å². The van der Waals surface area contributed by atoms with Gasteiger partial charge >= 0.3 is 0 Å². The second kappa shape index (κ2) is 6.82. The van der Waals surface area contributed by atoms with Crippen molar-refractivity contribution in [2.75, 3.05) is 11.9 Å². The molecule has 5 aliphatic rings. The fourth-order valence-corrected chi connectivity index (χ4v) is 7.58. The Kier molecular flexibility index (Phi) is 4.53. The molecule has 2 heterocycles. The van der Waals surface area contributed by atoms with Crippen LogP contribution in [0.1, 0.15) is 69.4 Å². The Hall–Kier alpha value is -1.43. The lowest BCUT2D eigenvalue weighted by molar-refractivity contribution is -0.140. The Morgan fingerprint density at radius 2 is 1.82 bits per heavy atom. The van der Waals surface area contributed by atoms with E-state index in [0.29, 0.717) is 18.9 Å². The quantitative estimate of drug-likeness (QED) is 0.821. The first-order chi connectivity index (χ1) is 13.4. The normalized spacial score (nSPS) is 33.2. The minimum Gasteiger partial charge on any atom is -0.337 e. The summed E-state index contributed by atoms with van der Waals surface area (Å²) in [6.45, 7) is 5.55. The topological polar surface area (TPSA) is 62.3 Å². The van der Waals surface area contributed by atoms with E-state index in [0.717, 1.165) is 65.7 Å². The van der Waals surface area contributed by atoms with E-state index < -0.39 is 0 Å². The number of thiazole rings is 1. The Morgan fingerprint density at radius 3 is 2.43 bits per heavy atom. The van der Waals surface area contributed by atoms with Gasteiger partial charge in [0.1, 0.15) is 0 Å². The van der Waals surface area contributed by atoms with Crippen LogP contribution >= 0.6 is 11.3 Å². The lowest BCUT2D eigenvalue weighted by Crippen LogP contribution is -2.51. The maximum absolute atomic E-state index is 13.3. The summed E-state index contributed by atoms with van der Waals surface area (Å²) >= 11 is 1.57. The average Bonchev–Trinajstić information content (AvgIpc) is 3.01. The monoisotopic (exact) mass is 401 g/mol. The molecule has 0 spiro atoms. The molecular formula is C22H31N3O2S. The number of hydrogen-bond acceptors (Lipinski definition) is 4. The Morgan fingerprint density at radius 1 is 1.18 bits per heavy atom. The summed E-state index contributed by atoms with van der Waals surface area (Å²) in [5.41, 5.74) is 0.930. The third kappa shape index (κ3) is 3.27. The van der Waals surface area contributed by atoms with E-state index in [1.165, 1.54) is 19.3 Å². The van der Waals surface area contributed by atoms with Gasteiger partial charge in [0.25, 0.3) is 0 Å². The highest BCUT2D eigenvalue weighted by Gasteiger charge is 2.54. The van der Waals surface area contributed by atoms with Crippen LogP contribution in [0.3, 0.4) is 0 Å². The lowest BCUT2D eigenvalue weighted by atomic mass is 9.49. The van der Waals surface area contributed by atoms with Crippen LogP contribution in [0, 0.1) is 29.1 Å². The first kappa shape index (κ1) is 18.6. The van der Waals surface area contributed by atoms with Crippen LogP contribution in [0.2, 0.25) is 0 Å². The smallest absolute Gasteiger partial charge is 0.232 e. The summed E-state index contributed by atoms with van der Waals surface area (Å²) in [5, 5.41) is 3.94. The van der Waals surface area contributed by atoms with Crippen molar-refractivity contribution < 1.29 is 9.59 Å². The minimum absolute atomic E-state index is 0.139. The van der Waals surface area contributed by atoms with E-state index in [1.54, 1.807) is 11.3 Å². The van der Waals surface area contributed by atoms with Crippen LogP contribution < -0.4 is 5.32 Å². The first-order valence-electron chi connectivity index (χ1n) is 11.0. The molecule has 0 saturated heterocycles. The molecule has 0 radical (unpaired) electrons. The molecule has 4 fully saturated rings. The van der Waals surface area contributed by atoms with Crippen molar-refractivity contribution in [3.8, 4) is 0 Å². The van der Waals surface area contributed by atoms with E-state index in [4.69, 9.17) is 4.98 Å². The maximum atomic E-state index is 13.3. The SMILES string of the molecule is CC(C)CC(=O)N1CCc2nc(NC(=O)C34CC5CC(CC(C5)C3)C4)sc2C1. The second-order valence-corrected chi connectivity index (χ2v) is 11.3. The van der Waals surface area contributed by atoms with Crippen LogP contribution in [0.25, 0.3) is 0 Å². The van der Waals surface area contributed by atoms with Gasteiger partial charge in [-0.15, -0.1) is 0 Å². The van der Waals surface area contributed by atoms with E-state index in [9.17, 15) is 9.59 Å². The fraction of sp³-hybridized carbons (Fsp3) is 0.773. The van der Waals surface area contributed by atoms with Gasteiger partial charge in [-0.2, -0.15) is 0 Å². The molecule has 1 aromatic heterocycles. The number of rotatable bonds is 4. The van der Waals surface area contributed by atoms with Gasteiger partial charge in [-0.25, -0.2) is 4.98 Å². The zero-order valence-electron chi connectivity index (χ0n) is 17.0. The molecule has 28 heavy (non-hydrogen) atoms. The van der Waals surface area contributed by atoms with Crippen LogP contribution in [-0.2, 0) is 22.6 Å². The summed E-state index contributed by atoms with van der Waals surface area (Å²) in [7, 11) is 0. The van der Waals surface area contributed by atoms with Gasteiger partial charge in [-0.1, -0.05) is 25.2 Å². The summed E-state index contributed by atoms with van der Waals surface area (Å²) in [6, 6.07) is 0. The largest absolute Gasteiger partial charge is 0.337 e. The number of carbonyl (C=O) groups is 2. The van der Waals surface area contributed by atoms with Gasteiger partial charge in [-0.3, -0.25) is 9.59 Å². The van der Waals surface area contributed by atoms with Crippen molar-refractivity contribution in [3.05, 3.63) is 10.6 Å². The van der Waals surface area contributed by atoms with E-state index in [1.807, 2.05) is 4.90 Å². The van der Waals surface area contributed by atoms with Crippen molar-refractivity contribution in [1.82, 2.24) is 9.88 Å². The highest BCUT2D eigenvalue weighted by molar-refractivity contribution is 7.15. The zero-order valence-corrected chi connectivity index (χ0v) is 17.8. The van der Waals surface area contributed by atoms with Crippen LogP contribution in [0.5, 0.6) is 0 Å². The molecule has 0 unspecified atom stereocenters. The van der Waals surface area contributed by atoms with Gasteiger partial charge in [0, 0.05) is 24.3 Å². The molecule has 152 valence electrons. The summed E-state index contributed by atoms with van der Waals surface area (Å²) < 4.78 is 0. The number of hydrogen-bond donors (Lipinski definition) is 1. The van der Waals surface area contributed by atoms with E-state index in [-0.39, 0.29) is 17.2 Å². The van der Waals surface area contributed by atoms with Gasteiger partial charge in [0.15, 0.2) is 5.13 Å². The van der Waals surface area contributed by atoms with Gasteiger partial charge < -0.3 is 10.2 Å². The third-order valence-corrected chi connectivity index (χ3v) is 8.41. The lowest BCUT2D eigenvalue weighted by Gasteiger charge is -2.55. The van der Waals surface area contributed by atoms with Crippen molar-refractivity contribution >= 4 is 28.3 Å². The molecule has 0 aromatic carbocycles. The third-order valence-electron chi connectivity index (χ3n) is 7.41. The predicted molar refractivity (Wildman–Crippen MR) is 110 cm³/mol. The number of anilines is 1. The van der Waals surface area contributed by atoms with Crippen molar-refractivity contribution in [2.24, 2.45) is 29.1 Å². The zero-order chi connectivity index (χ0) is 19.5. The molecule has 6 rings (SSSR count). The van der Waals surface area contributed by atoms with Crippen molar-refractivity contribution in [1.29, 1.82) is 0 Å². The molecule has 5 nitrogen and oxygen atoms in total. The number of fused-ring (bicyclic) bond motifs is 1. The number of carbonyl (C=O) groups excluding carboxylic acids is 2. The summed E-state index contributed by atoms with van der Waals surface area (Å²) in [6.07, 6.45) is 8.66. The molecule has 4 bridgehead atoms. The van der Waals surface area contributed by atoms with Gasteiger partial charge in [-0.05, 0) is 62.2 Å². The number of amides is 2. The molecule has 1 aliphatic heterocycles. The molecule has 4 saturated carbocycles. The highest BCUT2D eigenvalue weighted by atomic mass is 32.1. The molecule has 1 aromatic rings. The molecular weight excluding hydrogens is 370 g/mol. The Bertz CT molecular complexity index is 764. The Balaban J connectivity index is 1.27. The first-order valence-corrected chi connectivity index (χ1v) is 11.8. The number of nitrogens with zero attached hydrogens (tertiary/aromatic N) is 2. The summed E-state index contributed by atoms with van der Waals surface area (Å²) in [5.74, 6) is 3.12. The molecule has 4 aliphatic carbocycles. The fourth-order valence-electron chi connectivity index (χ4n) is 6.56. The van der Waals surface area contributed by atoms with E-state index in [2.05, 4.69) is 19.2 Å². The minimum atomic E-state index is -0.139. The molecule has 0 atom stereocenters. The second-order valence-electron chi connectivity index (χ2n) is 10.2. The number of nitrogens with one attached hydrogen (secondary N) is 1. The van der Waals surface area contributed by atoms with Crippen molar-refractivity contribution in [3.63, 3.8) is 0 Å². The molecule has 2 amide bonds. The average molecular weight is 402 g/mol. The molecule has 6 heteroatoms. The maximum Gasteiger partial charge on any atom is 0.232 e. The van der Waals surface area contributed by atoms with Crippen LogP contribution in [0.15, 0.2) is 0 Å². The number of aromatic nitrogens is 1. The van der Waals surface area contributed by atoms with Gasteiger partial charge in [0.2, 0.25) is 11.8 Å². The van der Waals surface area contributed by atoms with Gasteiger partial charge in [0.05, 0.1) is 17.7 Å². The predicted octanol–water partition coefficient (Wildman–Crippen LogP) is 4.23. The van der Waals surface area contributed by atoms with Crippen LogP contribution in [-0.4, -0.2) is 28.2 Å².